The highest BCUT2D eigenvalue weighted by Crippen LogP contribution is 2.26. The number of aromatic nitrogens is 3. The molecule has 0 fully saturated rings. The second-order valence-electron chi connectivity index (χ2n) is 7.50. The van der Waals surface area contributed by atoms with Gasteiger partial charge in [-0.15, -0.1) is 0 Å². The molecule has 2 heterocycles. The van der Waals surface area contributed by atoms with E-state index in [1.807, 2.05) is 30.3 Å². The Morgan fingerprint density at radius 2 is 2.00 bits per heavy atom. The number of nitrogens with one attached hydrogen (secondary N) is 2. The van der Waals surface area contributed by atoms with E-state index in [0.29, 0.717) is 17.3 Å². The van der Waals surface area contributed by atoms with Crippen LogP contribution in [0.2, 0.25) is 0 Å². The van der Waals surface area contributed by atoms with Gasteiger partial charge in [-0.3, -0.25) is 14.9 Å². The minimum atomic E-state index is -0.701. The van der Waals surface area contributed by atoms with Crippen LogP contribution in [0, 0.1) is 6.92 Å². The number of hydrogen-bond acceptors (Lipinski definition) is 7. The van der Waals surface area contributed by atoms with Gasteiger partial charge in [-0.2, -0.15) is 10.2 Å². The fraction of sp³-hybridized carbons (Fsp3) is 0.421. The number of H-pyrrole nitrogens is 1. The number of aryl methyl sites for hydroxylation is 1. The molecule has 1 aliphatic heterocycles. The van der Waals surface area contributed by atoms with Crippen molar-refractivity contribution in [3.05, 3.63) is 42.0 Å². The van der Waals surface area contributed by atoms with E-state index in [2.05, 4.69) is 25.6 Å². The van der Waals surface area contributed by atoms with Gasteiger partial charge in [0.1, 0.15) is 17.1 Å². The number of para-hydroxylation sites is 1. The van der Waals surface area contributed by atoms with Crippen molar-refractivity contribution in [1.29, 1.82) is 0 Å². The number of hydrazone groups is 1. The fourth-order valence-electron chi connectivity index (χ4n) is 2.75. The number of nitrogens with zero attached hydrogens (tertiary/aromatic N) is 4. The smallest absolute Gasteiger partial charge is 0.331 e. The summed E-state index contributed by atoms with van der Waals surface area (Å²) >= 11 is 0. The van der Waals surface area contributed by atoms with E-state index < -0.39 is 17.6 Å². The van der Waals surface area contributed by atoms with Crippen molar-refractivity contribution in [2.45, 2.75) is 52.3 Å². The lowest BCUT2D eigenvalue weighted by Crippen LogP contribution is -2.40. The molecule has 0 saturated heterocycles. The van der Waals surface area contributed by atoms with Gasteiger partial charge in [0, 0.05) is 6.42 Å². The average Bonchev–Trinajstić information content (AvgIpc) is 3.25. The van der Waals surface area contributed by atoms with Crippen LogP contribution in [0.15, 0.2) is 35.4 Å². The molecule has 3 rings (SSSR count). The Labute approximate surface area is 163 Å². The van der Waals surface area contributed by atoms with Crippen molar-refractivity contribution in [3.63, 3.8) is 0 Å². The Morgan fingerprint density at radius 3 is 2.61 bits per heavy atom. The maximum atomic E-state index is 12.7. The third kappa shape index (κ3) is 4.73. The summed E-state index contributed by atoms with van der Waals surface area (Å²) in [6.45, 7) is 7.37. The molecule has 1 aromatic carbocycles. The number of rotatable bonds is 5. The maximum absolute atomic E-state index is 12.7. The lowest BCUT2D eigenvalue weighted by Gasteiger charge is -2.26. The number of hydrogen-bond donors (Lipinski definition) is 2. The van der Waals surface area contributed by atoms with Gasteiger partial charge >= 0.3 is 5.97 Å². The largest absolute Gasteiger partial charge is 0.458 e. The van der Waals surface area contributed by atoms with Crippen LogP contribution in [0.3, 0.4) is 0 Å². The van der Waals surface area contributed by atoms with E-state index in [1.54, 1.807) is 32.7 Å². The molecule has 9 nitrogen and oxygen atoms in total. The molecule has 0 radical (unpaired) electrons. The Hall–Kier alpha value is -3.23. The second kappa shape index (κ2) is 7.79. The van der Waals surface area contributed by atoms with Gasteiger partial charge in [-0.05, 0) is 39.8 Å². The average molecular weight is 384 g/mol. The van der Waals surface area contributed by atoms with E-state index in [4.69, 9.17) is 4.74 Å². The van der Waals surface area contributed by atoms with Crippen LogP contribution in [-0.2, 0) is 20.9 Å². The number of esters is 1. The van der Waals surface area contributed by atoms with Crippen molar-refractivity contribution in [2.75, 3.05) is 5.01 Å². The van der Waals surface area contributed by atoms with Gasteiger partial charge in [-0.25, -0.2) is 9.78 Å². The third-order valence-electron chi connectivity index (χ3n) is 3.92. The molecule has 9 heteroatoms. The highest BCUT2D eigenvalue weighted by atomic mass is 16.6. The quantitative estimate of drug-likeness (QED) is 0.759. The molecule has 2 aromatic rings. The molecule has 1 aliphatic rings. The van der Waals surface area contributed by atoms with Crippen LogP contribution >= 0.6 is 0 Å². The van der Waals surface area contributed by atoms with Gasteiger partial charge in [0.25, 0.3) is 5.91 Å². The van der Waals surface area contributed by atoms with Gasteiger partial charge in [0.15, 0.2) is 11.9 Å². The number of aromatic amines is 1. The number of benzene rings is 1. The van der Waals surface area contributed by atoms with Gasteiger partial charge in [-0.1, -0.05) is 18.2 Å². The predicted molar refractivity (Wildman–Crippen MR) is 104 cm³/mol. The number of amides is 1. The first-order valence-electron chi connectivity index (χ1n) is 9.03. The zero-order valence-corrected chi connectivity index (χ0v) is 16.4. The molecule has 0 aliphatic carbocycles. The predicted octanol–water partition coefficient (Wildman–Crippen LogP) is 1.71. The van der Waals surface area contributed by atoms with Crippen LogP contribution in [0.4, 0.5) is 5.69 Å². The Bertz CT molecular complexity index is 885. The summed E-state index contributed by atoms with van der Waals surface area (Å²) < 4.78 is 5.52. The monoisotopic (exact) mass is 384 g/mol. The molecule has 1 unspecified atom stereocenters. The molecule has 0 bridgehead atoms. The van der Waals surface area contributed by atoms with Crippen molar-refractivity contribution in [1.82, 2.24) is 20.5 Å². The molecule has 1 atom stereocenters. The highest BCUT2D eigenvalue weighted by Gasteiger charge is 2.38. The number of carbonyl (C=O) groups excluding carboxylic acids is 2. The molecule has 1 aromatic heterocycles. The number of carbonyl (C=O) groups is 2. The minimum Gasteiger partial charge on any atom is -0.458 e. The van der Waals surface area contributed by atoms with E-state index >= 15 is 0 Å². The molecule has 1 amide bonds. The van der Waals surface area contributed by atoms with Crippen molar-refractivity contribution >= 4 is 23.3 Å². The lowest BCUT2D eigenvalue weighted by atomic mass is 10.1. The molecular weight excluding hydrogens is 360 g/mol. The lowest BCUT2D eigenvalue weighted by molar-refractivity contribution is -0.156. The normalized spacial score (nSPS) is 16.6. The Kier molecular flexibility index (Phi) is 5.43. The van der Waals surface area contributed by atoms with Crippen LogP contribution in [0.25, 0.3) is 0 Å². The zero-order valence-electron chi connectivity index (χ0n) is 16.4. The number of anilines is 1. The zero-order chi connectivity index (χ0) is 20.3. The summed E-state index contributed by atoms with van der Waals surface area (Å²) in [5.41, 5.74) is 0.339. The summed E-state index contributed by atoms with van der Waals surface area (Å²) in [6.07, 6.45) is 0.155. The van der Waals surface area contributed by atoms with E-state index in [0.717, 1.165) is 0 Å². The molecular formula is C19H24N6O3. The summed E-state index contributed by atoms with van der Waals surface area (Å²) in [4.78, 5) is 29.4. The maximum Gasteiger partial charge on any atom is 0.331 e. The first kappa shape index (κ1) is 19.5. The van der Waals surface area contributed by atoms with Crippen molar-refractivity contribution in [2.24, 2.45) is 5.10 Å². The van der Waals surface area contributed by atoms with Gasteiger partial charge in [0.05, 0.1) is 12.2 Å². The van der Waals surface area contributed by atoms with E-state index in [-0.39, 0.29) is 24.6 Å². The topological polar surface area (TPSA) is 113 Å². The van der Waals surface area contributed by atoms with Crippen molar-refractivity contribution in [3.8, 4) is 0 Å². The standard InChI is InChI=1S/C19H24N6O3/c1-12-21-16(23-22-12)11-20-17(26)14-10-15(18(27)28-19(2,3)4)25(24-14)13-8-6-5-7-9-13/h5-9,15H,10-11H2,1-4H3,(H,20,26)(H,21,22,23). The first-order chi connectivity index (χ1) is 13.2. The van der Waals surface area contributed by atoms with Crippen LogP contribution in [0.1, 0.15) is 38.8 Å². The van der Waals surface area contributed by atoms with Gasteiger partial charge < -0.3 is 10.1 Å². The second-order valence-corrected chi connectivity index (χ2v) is 7.50. The third-order valence-corrected chi connectivity index (χ3v) is 3.92. The minimum absolute atomic E-state index is 0.155. The first-order valence-corrected chi connectivity index (χ1v) is 9.03. The van der Waals surface area contributed by atoms with E-state index in [1.165, 1.54) is 0 Å². The molecule has 2 N–H and O–H groups in total. The molecule has 148 valence electrons. The Balaban J connectivity index is 1.76. The molecule has 28 heavy (non-hydrogen) atoms. The van der Waals surface area contributed by atoms with Crippen LogP contribution < -0.4 is 10.3 Å². The summed E-state index contributed by atoms with van der Waals surface area (Å²) in [5.74, 6) is 0.359. The highest BCUT2D eigenvalue weighted by molar-refractivity contribution is 6.40. The fourth-order valence-corrected chi connectivity index (χ4v) is 2.75. The Morgan fingerprint density at radius 1 is 1.29 bits per heavy atom. The van der Waals surface area contributed by atoms with Gasteiger partial charge in [0.2, 0.25) is 0 Å². The number of ether oxygens (including phenoxy) is 1. The van der Waals surface area contributed by atoms with Crippen LogP contribution in [0.5, 0.6) is 0 Å². The summed E-state index contributed by atoms with van der Waals surface area (Å²) in [6, 6.07) is 8.53. The molecule has 0 spiro atoms. The molecule has 0 saturated carbocycles. The van der Waals surface area contributed by atoms with Crippen molar-refractivity contribution < 1.29 is 14.3 Å². The van der Waals surface area contributed by atoms with Crippen LogP contribution in [-0.4, -0.2) is 44.4 Å². The summed E-state index contributed by atoms with van der Waals surface area (Å²) in [5, 5.41) is 15.4. The summed E-state index contributed by atoms with van der Waals surface area (Å²) in [7, 11) is 0. The van der Waals surface area contributed by atoms with E-state index in [9.17, 15) is 9.59 Å². The SMILES string of the molecule is Cc1nc(CNC(=O)C2=NN(c3ccccc3)C(C(=O)OC(C)(C)C)C2)n[nH]1.